The van der Waals surface area contributed by atoms with Gasteiger partial charge in [0.05, 0.1) is 44.0 Å². The minimum absolute atomic E-state index is 0.0686. The topological polar surface area (TPSA) is 108 Å². The Bertz CT molecular complexity index is 1560. The van der Waals surface area contributed by atoms with Crippen molar-refractivity contribution in [1.82, 2.24) is 4.98 Å². The van der Waals surface area contributed by atoms with Crippen LogP contribution in [0.4, 0.5) is 5.13 Å². The Morgan fingerprint density at radius 1 is 1.06 bits per heavy atom. The van der Waals surface area contributed by atoms with E-state index in [2.05, 4.69) is 4.98 Å². The quantitative estimate of drug-likeness (QED) is 0.383. The molecule has 0 aliphatic carbocycles. The van der Waals surface area contributed by atoms with E-state index in [4.69, 9.17) is 18.6 Å². The van der Waals surface area contributed by atoms with E-state index in [1.807, 2.05) is 0 Å². The maximum Gasteiger partial charge on any atom is 0.350 e. The average molecular weight is 493 g/mol. The Morgan fingerprint density at radius 2 is 1.80 bits per heavy atom. The number of esters is 1. The fraction of sp³-hybridized carbons (Fsp3) is 0.200. The van der Waals surface area contributed by atoms with Crippen molar-refractivity contribution in [3.63, 3.8) is 0 Å². The van der Waals surface area contributed by atoms with Crippen LogP contribution in [0.1, 0.15) is 43.1 Å². The van der Waals surface area contributed by atoms with Crippen LogP contribution in [0, 0.1) is 6.92 Å². The van der Waals surface area contributed by atoms with E-state index >= 15 is 0 Å². The minimum Gasteiger partial charge on any atom is -0.493 e. The number of aryl methyl sites for hydroxylation is 1. The first-order chi connectivity index (χ1) is 16.9. The predicted octanol–water partition coefficient (Wildman–Crippen LogP) is 4.11. The highest BCUT2D eigenvalue weighted by Gasteiger charge is 2.45. The number of benzene rings is 2. The molecule has 0 saturated carbocycles. The second-order valence-electron chi connectivity index (χ2n) is 7.76. The van der Waals surface area contributed by atoms with Gasteiger partial charge in [0.25, 0.3) is 5.91 Å². The minimum atomic E-state index is -0.866. The zero-order chi connectivity index (χ0) is 24.9. The Kier molecular flexibility index (Phi) is 5.52. The van der Waals surface area contributed by atoms with Crippen molar-refractivity contribution in [1.29, 1.82) is 0 Å². The number of carbonyl (C=O) groups excluding carboxylic acids is 2. The van der Waals surface area contributed by atoms with Gasteiger partial charge in [0.1, 0.15) is 10.5 Å². The molecule has 2 aromatic heterocycles. The Balaban J connectivity index is 1.78. The molecule has 0 radical (unpaired) electrons. The van der Waals surface area contributed by atoms with Gasteiger partial charge in [-0.2, -0.15) is 0 Å². The van der Waals surface area contributed by atoms with Gasteiger partial charge in [-0.15, -0.1) is 0 Å². The fourth-order valence-corrected chi connectivity index (χ4v) is 5.23. The molecule has 4 aromatic rings. The van der Waals surface area contributed by atoms with Crippen molar-refractivity contribution in [2.24, 2.45) is 0 Å². The first-order valence-corrected chi connectivity index (χ1v) is 11.4. The standard InChI is InChI=1S/C25H20N2O7S/c1-12-22(24(30)33-4)35-25(26-12)27-19(13-9-10-16(31-2)17(11-13)32-3)18-20(28)14-7-5-6-8-15(14)34-21(18)23(27)29/h5-11,19H,1-4H3/t19-/m1/s1. The lowest BCUT2D eigenvalue weighted by Gasteiger charge is -2.23. The van der Waals surface area contributed by atoms with Gasteiger partial charge in [-0.3, -0.25) is 14.5 Å². The van der Waals surface area contributed by atoms with Gasteiger partial charge in [-0.25, -0.2) is 9.78 Å². The second-order valence-corrected chi connectivity index (χ2v) is 8.74. The molecule has 0 N–H and O–H groups in total. The van der Waals surface area contributed by atoms with Crippen molar-refractivity contribution >= 4 is 39.3 Å². The predicted molar refractivity (Wildman–Crippen MR) is 129 cm³/mol. The molecule has 0 bridgehead atoms. The van der Waals surface area contributed by atoms with Crippen LogP contribution in [-0.2, 0) is 4.74 Å². The molecule has 0 fully saturated rings. The molecule has 9 nitrogen and oxygen atoms in total. The van der Waals surface area contributed by atoms with Gasteiger partial charge in [-0.05, 0) is 36.8 Å². The van der Waals surface area contributed by atoms with Crippen LogP contribution in [0.2, 0.25) is 0 Å². The largest absolute Gasteiger partial charge is 0.493 e. The first kappa shape index (κ1) is 22.6. The summed E-state index contributed by atoms with van der Waals surface area (Å²) in [5, 5.41) is 0.597. The van der Waals surface area contributed by atoms with Gasteiger partial charge in [0, 0.05) is 0 Å². The van der Waals surface area contributed by atoms with Gasteiger partial charge in [0.15, 0.2) is 22.1 Å². The first-order valence-electron chi connectivity index (χ1n) is 10.6. The number of aromatic nitrogens is 1. The van der Waals surface area contributed by atoms with Gasteiger partial charge in [-0.1, -0.05) is 29.5 Å². The molecule has 1 amide bonds. The zero-order valence-corrected chi connectivity index (χ0v) is 20.1. The molecule has 0 unspecified atom stereocenters. The fourth-order valence-electron chi connectivity index (χ4n) is 4.22. The van der Waals surface area contributed by atoms with Crippen LogP contribution < -0.4 is 19.8 Å². The molecule has 0 spiro atoms. The number of hydrogen-bond donors (Lipinski definition) is 0. The molecule has 2 aromatic carbocycles. The maximum absolute atomic E-state index is 13.7. The highest BCUT2D eigenvalue weighted by atomic mass is 32.1. The summed E-state index contributed by atoms with van der Waals surface area (Å²) in [6.07, 6.45) is 0. The number of rotatable bonds is 5. The van der Waals surface area contributed by atoms with E-state index in [9.17, 15) is 14.4 Å². The summed E-state index contributed by atoms with van der Waals surface area (Å²) in [4.78, 5) is 45.7. The normalized spacial score (nSPS) is 14.8. The summed E-state index contributed by atoms with van der Waals surface area (Å²) < 4.78 is 21.6. The van der Waals surface area contributed by atoms with Crippen LogP contribution in [0.15, 0.2) is 51.7 Å². The second kappa shape index (κ2) is 8.55. The smallest absolute Gasteiger partial charge is 0.350 e. The SMILES string of the molecule is COC(=O)c1sc(N2C(=O)c3oc4ccccc4c(=O)c3[C@H]2c2ccc(OC)c(OC)c2)nc1C. The molecule has 0 saturated heterocycles. The van der Waals surface area contributed by atoms with Crippen molar-refractivity contribution < 1.29 is 28.2 Å². The summed E-state index contributed by atoms with van der Waals surface area (Å²) >= 11 is 1.01. The zero-order valence-electron chi connectivity index (χ0n) is 19.3. The molecule has 1 atom stereocenters. The highest BCUT2D eigenvalue weighted by molar-refractivity contribution is 7.17. The number of ether oxygens (including phenoxy) is 3. The number of para-hydroxylation sites is 1. The summed E-state index contributed by atoms with van der Waals surface area (Å²) in [6.45, 7) is 1.66. The maximum atomic E-state index is 13.7. The van der Waals surface area contributed by atoms with E-state index < -0.39 is 17.9 Å². The molecular weight excluding hydrogens is 472 g/mol. The van der Waals surface area contributed by atoms with E-state index in [1.54, 1.807) is 49.4 Å². The number of nitrogens with zero attached hydrogens (tertiary/aromatic N) is 2. The van der Waals surface area contributed by atoms with Gasteiger partial charge < -0.3 is 18.6 Å². The number of hydrogen-bond acceptors (Lipinski definition) is 9. The highest BCUT2D eigenvalue weighted by Crippen LogP contribution is 2.44. The van der Waals surface area contributed by atoms with Crippen molar-refractivity contribution in [3.8, 4) is 11.5 Å². The number of amides is 1. The number of thiazole rings is 1. The van der Waals surface area contributed by atoms with Crippen molar-refractivity contribution in [2.75, 3.05) is 26.2 Å². The summed E-state index contributed by atoms with van der Waals surface area (Å²) in [5.41, 5.74) is 1.18. The molecule has 3 heterocycles. The Hall–Kier alpha value is -4.18. The lowest BCUT2D eigenvalue weighted by Crippen LogP contribution is -2.29. The number of fused-ring (bicyclic) bond motifs is 2. The molecule has 10 heteroatoms. The lowest BCUT2D eigenvalue weighted by molar-refractivity contribution is 0.0605. The van der Waals surface area contributed by atoms with Gasteiger partial charge >= 0.3 is 5.97 Å². The number of anilines is 1. The van der Waals surface area contributed by atoms with Crippen LogP contribution in [0.3, 0.4) is 0 Å². The van der Waals surface area contributed by atoms with Crippen LogP contribution in [0.25, 0.3) is 11.0 Å². The van der Waals surface area contributed by atoms with E-state index in [1.165, 1.54) is 26.2 Å². The third kappa shape index (κ3) is 3.45. The number of carbonyl (C=O) groups is 2. The molecule has 5 rings (SSSR count). The Labute approximate surface area is 203 Å². The monoisotopic (exact) mass is 492 g/mol. The molecular formula is C25H20N2O7S. The molecule has 1 aliphatic heterocycles. The molecule has 1 aliphatic rings. The van der Waals surface area contributed by atoms with Crippen LogP contribution >= 0.6 is 11.3 Å². The number of methoxy groups -OCH3 is 3. The van der Waals surface area contributed by atoms with E-state index in [0.29, 0.717) is 33.7 Å². The van der Waals surface area contributed by atoms with Crippen LogP contribution in [-0.4, -0.2) is 38.2 Å². The Morgan fingerprint density at radius 3 is 2.51 bits per heavy atom. The molecule has 35 heavy (non-hydrogen) atoms. The third-order valence-electron chi connectivity index (χ3n) is 5.86. The van der Waals surface area contributed by atoms with Gasteiger partial charge in [0.2, 0.25) is 5.76 Å². The summed E-state index contributed by atoms with van der Waals surface area (Å²) in [7, 11) is 4.30. The summed E-state index contributed by atoms with van der Waals surface area (Å²) in [6, 6.07) is 11.0. The summed E-state index contributed by atoms with van der Waals surface area (Å²) in [5.74, 6) is -0.232. The van der Waals surface area contributed by atoms with Crippen molar-refractivity contribution in [2.45, 2.75) is 13.0 Å². The average Bonchev–Trinajstić information content (AvgIpc) is 3.40. The third-order valence-corrected chi connectivity index (χ3v) is 7.00. The van der Waals surface area contributed by atoms with Crippen molar-refractivity contribution in [3.05, 3.63) is 80.1 Å². The van der Waals surface area contributed by atoms with E-state index in [0.717, 1.165) is 11.3 Å². The van der Waals surface area contributed by atoms with E-state index in [-0.39, 0.29) is 26.8 Å². The lowest BCUT2D eigenvalue weighted by atomic mass is 9.98. The molecule has 178 valence electrons. The van der Waals surface area contributed by atoms with Crippen LogP contribution in [0.5, 0.6) is 11.5 Å².